The molecule has 1 heterocycles. The van der Waals surface area contributed by atoms with Crippen molar-refractivity contribution in [1.29, 1.82) is 0 Å². The van der Waals surface area contributed by atoms with Gasteiger partial charge in [-0.25, -0.2) is 12.7 Å². The number of sulfonamides is 1. The molecule has 0 aliphatic heterocycles. The summed E-state index contributed by atoms with van der Waals surface area (Å²) in [5.74, 6) is -1.53. The van der Waals surface area contributed by atoms with Crippen LogP contribution in [0.25, 0.3) is 0 Å². The van der Waals surface area contributed by atoms with E-state index in [9.17, 15) is 23.3 Å². The topological polar surface area (TPSA) is 123 Å². The number of nitrogens with one attached hydrogen (secondary N) is 1. The third-order valence-corrected chi connectivity index (χ3v) is 5.16. The molecule has 10 heteroatoms. The molecule has 0 saturated carbocycles. The smallest absolute Gasteiger partial charge is 0.395 e. The van der Waals surface area contributed by atoms with Gasteiger partial charge in [-0.1, -0.05) is 6.07 Å². The third kappa shape index (κ3) is 3.44. The normalized spacial score (nSPS) is 11.5. The molecule has 24 heavy (non-hydrogen) atoms. The van der Waals surface area contributed by atoms with Gasteiger partial charge in [0, 0.05) is 19.8 Å². The van der Waals surface area contributed by atoms with Crippen LogP contribution in [-0.4, -0.2) is 37.6 Å². The van der Waals surface area contributed by atoms with Crippen LogP contribution >= 0.6 is 0 Å². The van der Waals surface area contributed by atoms with Gasteiger partial charge < -0.3 is 9.73 Å². The molecule has 0 saturated heterocycles. The zero-order valence-corrected chi connectivity index (χ0v) is 14.0. The van der Waals surface area contributed by atoms with Crippen molar-refractivity contribution in [3.63, 3.8) is 0 Å². The minimum absolute atomic E-state index is 0.0516. The highest BCUT2D eigenvalue weighted by molar-refractivity contribution is 7.89. The van der Waals surface area contributed by atoms with Crippen molar-refractivity contribution < 1.29 is 22.6 Å². The van der Waals surface area contributed by atoms with Crippen molar-refractivity contribution in [2.75, 3.05) is 19.4 Å². The van der Waals surface area contributed by atoms with Crippen LogP contribution in [0.5, 0.6) is 0 Å². The average molecular weight is 353 g/mol. The molecule has 0 spiro atoms. The Labute approximate surface area is 138 Å². The van der Waals surface area contributed by atoms with Crippen molar-refractivity contribution in [3.8, 4) is 0 Å². The van der Waals surface area contributed by atoms with E-state index in [1.807, 2.05) is 0 Å². The summed E-state index contributed by atoms with van der Waals surface area (Å²) in [7, 11) is -0.859. The minimum Gasteiger partial charge on any atom is -0.395 e. The van der Waals surface area contributed by atoms with Crippen molar-refractivity contribution >= 4 is 27.5 Å². The second kappa shape index (κ2) is 6.42. The lowest BCUT2D eigenvalue weighted by Crippen LogP contribution is -2.23. The van der Waals surface area contributed by atoms with Crippen LogP contribution in [0.15, 0.2) is 39.6 Å². The van der Waals surface area contributed by atoms with Gasteiger partial charge >= 0.3 is 5.88 Å². The molecule has 1 aromatic carbocycles. The van der Waals surface area contributed by atoms with E-state index in [2.05, 4.69) is 5.32 Å². The number of carbonyl (C=O) groups is 1. The number of hydrogen-bond acceptors (Lipinski definition) is 6. The maximum atomic E-state index is 12.3. The first-order valence-electron chi connectivity index (χ1n) is 6.71. The Hall–Kier alpha value is -2.72. The van der Waals surface area contributed by atoms with E-state index in [1.54, 1.807) is 13.0 Å². The summed E-state index contributed by atoms with van der Waals surface area (Å²) >= 11 is 0. The van der Waals surface area contributed by atoms with E-state index in [0.717, 1.165) is 10.4 Å². The molecule has 2 aromatic rings. The molecule has 2 rings (SSSR count). The first-order chi connectivity index (χ1) is 11.1. The molecule has 0 aliphatic rings. The predicted molar refractivity (Wildman–Crippen MR) is 85.4 cm³/mol. The van der Waals surface area contributed by atoms with Gasteiger partial charge in [0.05, 0.1) is 11.0 Å². The Morgan fingerprint density at radius 1 is 1.25 bits per heavy atom. The van der Waals surface area contributed by atoms with E-state index in [1.165, 1.54) is 32.3 Å². The number of nitrogens with zero attached hydrogens (tertiary/aromatic N) is 2. The number of aryl methyl sites for hydroxylation is 1. The number of amides is 1. The molecular weight excluding hydrogens is 338 g/mol. The summed E-state index contributed by atoms with van der Waals surface area (Å²) < 4.78 is 30.4. The molecule has 0 atom stereocenters. The summed E-state index contributed by atoms with van der Waals surface area (Å²) in [6.45, 7) is 1.64. The zero-order valence-electron chi connectivity index (χ0n) is 13.1. The summed E-state index contributed by atoms with van der Waals surface area (Å²) in [4.78, 5) is 21.9. The maximum Gasteiger partial charge on any atom is 0.433 e. The molecule has 0 radical (unpaired) electrons. The lowest BCUT2D eigenvalue weighted by atomic mass is 10.2. The summed E-state index contributed by atoms with van der Waals surface area (Å²) in [5.41, 5.74) is 0.750. The van der Waals surface area contributed by atoms with Crippen molar-refractivity contribution in [2.45, 2.75) is 11.8 Å². The van der Waals surface area contributed by atoms with Crippen LogP contribution in [0, 0.1) is 17.0 Å². The standard InChI is InChI=1S/C14H15N3O6S/c1-9-4-5-10(8-12(9)24(21,22)16(2)3)15-14(18)11-6-7-13(23-11)17(19)20/h4-8H,1-3H3,(H,15,18). The van der Waals surface area contributed by atoms with Crippen LogP contribution in [-0.2, 0) is 10.0 Å². The number of benzene rings is 1. The highest BCUT2D eigenvalue weighted by Gasteiger charge is 2.21. The van der Waals surface area contributed by atoms with Crippen molar-refractivity contribution in [2.24, 2.45) is 0 Å². The monoisotopic (exact) mass is 353 g/mol. The molecule has 1 aromatic heterocycles. The zero-order chi connectivity index (χ0) is 18.1. The fourth-order valence-electron chi connectivity index (χ4n) is 1.89. The third-order valence-electron chi connectivity index (χ3n) is 3.20. The van der Waals surface area contributed by atoms with Gasteiger partial charge in [0.2, 0.25) is 10.0 Å². The second-order valence-corrected chi connectivity index (χ2v) is 7.24. The van der Waals surface area contributed by atoms with Gasteiger partial charge in [0.15, 0.2) is 5.76 Å². The van der Waals surface area contributed by atoms with Crippen LogP contribution in [0.1, 0.15) is 16.1 Å². The van der Waals surface area contributed by atoms with E-state index < -0.39 is 26.7 Å². The number of hydrogen-bond donors (Lipinski definition) is 1. The van der Waals surface area contributed by atoms with Crippen LogP contribution in [0.3, 0.4) is 0 Å². The molecule has 0 unspecified atom stereocenters. The number of nitro groups is 1. The van der Waals surface area contributed by atoms with Gasteiger partial charge in [-0.15, -0.1) is 0 Å². The molecule has 1 amide bonds. The van der Waals surface area contributed by atoms with Gasteiger partial charge in [0.25, 0.3) is 5.91 Å². The quantitative estimate of drug-likeness (QED) is 0.648. The molecular formula is C14H15N3O6S. The first-order valence-corrected chi connectivity index (χ1v) is 8.15. The minimum atomic E-state index is -3.67. The summed E-state index contributed by atoms with van der Waals surface area (Å²) in [6.07, 6.45) is 0. The van der Waals surface area contributed by atoms with Gasteiger partial charge in [-0.05, 0) is 30.7 Å². The fraction of sp³-hybridized carbons (Fsp3) is 0.214. The van der Waals surface area contributed by atoms with Crippen LogP contribution in [0.2, 0.25) is 0 Å². The maximum absolute atomic E-state index is 12.3. The van der Waals surface area contributed by atoms with Gasteiger partial charge in [0.1, 0.15) is 4.92 Å². The number of carbonyl (C=O) groups excluding carboxylic acids is 1. The highest BCUT2D eigenvalue weighted by Crippen LogP contribution is 2.23. The number of furan rings is 1. The predicted octanol–water partition coefficient (Wildman–Crippen LogP) is 2.00. The Morgan fingerprint density at radius 3 is 2.46 bits per heavy atom. The molecule has 1 N–H and O–H groups in total. The van der Waals surface area contributed by atoms with E-state index in [4.69, 9.17) is 4.42 Å². The van der Waals surface area contributed by atoms with Crippen LogP contribution in [0.4, 0.5) is 11.6 Å². The van der Waals surface area contributed by atoms with Crippen molar-refractivity contribution in [1.82, 2.24) is 4.31 Å². The Balaban J connectivity index is 2.30. The van der Waals surface area contributed by atoms with Crippen LogP contribution < -0.4 is 5.32 Å². The lowest BCUT2D eigenvalue weighted by molar-refractivity contribution is -0.402. The molecule has 128 valence electrons. The Kier molecular flexibility index (Phi) is 4.71. The van der Waals surface area contributed by atoms with Gasteiger partial charge in [-0.2, -0.15) is 0 Å². The molecule has 0 fully saturated rings. The lowest BCUT2D eigenvalue weighted by Gasteiger charge is -2.14. The van der Waals surface area contributed by atoms with Crippen molar-refractivity contribution in [3.05, 3.63) is 51.8 Å². The Bertz CT molecular complexity index is 901. The fourth-order valence-corrected chi connectivity index (χ4v) is 3.04. The molecule has 9 nitrogen and oxygen atoms in total. The molecule has 0 bridgehead atoms. The van der Waals surface area contributed by atoms with Gasteiger partial charge in [-0.3, -0.25) is 14.9 Å². The van der Waals surface area contributed by atoms with E-state index in [-0.39, 0.29) is 16.3 Å². The van der Waals surface area contributed by atoms with E-state index >= 15 is 0 Å². The Morgan fingerprint density at radius 2 is 1.92 bits per heavy atom. The molecule has 0 aliphatic carbocycles. The largest absolute Gasteiger partial charge is 0.433 e. The SMILES string of the molecule is Cc1ccc(NC(=O)c2ccc([N+](=O)[O-])o2)cc1S(=O)(=O)N(C)C. The second-order valence-electron chi connectivity index (χ2n) is 5.12. The van der Waals surface area contributed by atoms with E-state index in [0.29, 0.717) is 5.56 Å². The highest BCUT2D eigenvalue weighted by atomic mass is 32.2. The average Bonchev–Trinajstić information content (AvgIpc) is 2.99. The first kappa shape index (κ1) is 17.6. The number of rotatable bonds is 5. The summed E-state index contributed by atoms with van der Waals surface area (Å²) in [6, 6.07) is 6.63. The summed E-state index contributed by atoms with van der Waals surface area (Å²) in [5, 5.41) is 13.0. The number of anilines is 1.